The lowest BCUT2D eigenvalue weighted by Gasteiger charge is -2.16. The molecule has 1 atom stereocenters. The zero-order valence-electron chi connectivity index (χ0n) is 10.5. The Morgan fingerprint density at radius 2 is 2.16 bits per heavy atom. The van der Waals surface area contributed by atoms with Gasteiger partial charge < -0.3 is 14.6 Å². The Morgan fingerprint density at radius 3 is 2.79 bits per heavy atom. The number of nitrogens with zero attached hydrogens (tertiary/aromatic N) is 2. The number of aryl methyl sites for hydroxylation is 1. The largest absolute Gasteiger partial charge is 0.481 e. The van der Waals surface area contributed by atoms with Crippen LogP contribution in [0.3, 0.4) is 0 Å². The van der Waals surface area contributed by atoms with Gasteiger partial charge in [-0.3, -0.25) is 14.4 Å². The molecule has 0 saturated carbocycles. The summed E-state index contributed by atoms with van der Waals surface area (Å²) in [6.07, 6.45) is 2.36. The van der Waals surface area contributed by atoms with Crippen LogP contribution in [0, 0.1) is 5.92 Å². The van der Waals surface area contributed by atoms with Gasteiger partial charge in [0.15, 0.2) is 0 Å². The van der Waals surface area contributed by atoms with E-state index in [4.69, 9.17) is 5.11 Å². The third-order valence-corrected chi connectivity index (χ3v) is 3.36. The molecule has 0 aromatic carbocycles. The highest BCUT2D eigenvalue weighted by atomic mass is 16.4. The van der Waals surface area contributed by atoms with Crippen molar-refractivity contribution in [2.75, 3.05) is 13.1 Å². The summed E-state index contributed by atoms with van der Waals surface area (Å²) in [5, 5.41) is 8.87. The van der Waals surface area contributed by atoms with Crippen LogP contribution in [-0.4, -0.2) is 39.5 Å². The number of carboxylic acid groups (broad SMARTS) is 1. The number of hydrogen-bond acceptors (Lipinski definition) is 3. The third-order valence-electron chi connectivity index (χ3n) is 3.36. The lowest BCUT2D eigenvalue weighted by atomic mass is 10.1. The summed E-state index contributed by atoms with van der Waals surface area (Å²) in [5.41, 5.74) is -0.139. The molecule has 19 heavy (non-hydrogen) atoms. The maximum absolute atomic E-state index is 11.9. The molecule has 2 heterocycles. The Kier molecular flexibility index (Phi) is 3.99. The van der Waals surface area contributed by atoms with Gasteiger partial charge in [0, 0.05) is 38.3 Å². The van der Waals surface area contributed by atoms with Crippen LogP contribution in [-0.2, 0) is 16.1 Å². The van der Waals surface area contributed by atoms with Crippen LogP contribution in [0.5, 0.6) is 0 Å². The number of pyridine rings is 1. The Balaban J connectivity index is 1.88. The van der Waals surface area contributed by atoms with Gasteiger partial charge in [-0.2, -0.15) is 0 Å². The Bertz CT molecular complexity index is 537. The van der Waals surface area contributed by atoms with Gasteiger partial charge in [0.05, 0.1) is 5.92 Å². The minimum Gasteiger partial charge on any atom is -0.481 e. The molecular formula is C13H16N2O4. The number of amides is 1. The quantitative estimate of drug-likeness (QED) is 0.840. The van der Waals surface area contributed by atoms with Gasteiger partial charge in [0.2, 0.25) is 5.91 Å². The minimum atomic E-state index is -0.852. The zero-order chi connectivity index (χ0) is 13.8. The van der Waals surface area contributed by atoms with Crippen LogP contribution in [0.2, 0.25) is 0 Å². The summed E-state index contributed by atoms with van der Waals surface area (Å²) >= 11 is 0. The van der Waals surface area contributed by atoms with E-state index in [0.717, 1.165) is 0 Å². The fraction of sp³-hybridized carbons (Fsp3) is 0.462. The summed E-state index contributed by atoms with van der Waals surface area (Å²) in [6, 6.07) is 4.83. The fourth-order valence-corrected chi connectivity index (χ4v) is 2.21. The first-order valence-corrected chi connectivity index (χ1v) is 6.24. The van der Waals surface area contributed by atoms with Crippen molar-refractivity contribution in [1.82, 2.24) is 9.47 Å². The Labute approximate surface area is 110 Å². The molecule has 0 bridgehead atoms. The summed E-state index contributed by atoms with van der Waals surface area (Å²) in [7, 11) is 0. The Morgan fingerprint density at radius 1 is 1.37 bits per heavy atom. The lowest BCUT2D eigenvalue weighted by Crippen LogP contribution is -2.31. The van der Waals surface area contributed by atoms with Crippen LogP contribution in [0.25, 0.3) is 0 Å². The molecule has 1 aliphatic heterocycles. The maximum Gasteiger partial charge on any atom is 0.308 e. The number of likely N-dealkylation sites (tertiary alicyclic amines) is 1. The van der Waals surface area contributed by atoms with Crippen molar-refractivity contribution >= 4 is 11.9 Å². The van der Waals surface area contributed by atoms with Crippen molar-refractivity contribution in [2.24, 2.45) is 5.92 Å². The fourth-order valence-electron chi connectivity index (χ4n) is 2.21. The predicted octanol–water partition coefficient (Wildman–Crippen LogP) is 0.171. The van der Waals surface area contributed by atoms with Gasteiger partial charge in [0.1, 0.15) is 0 Å². The van der Waals surface area contributed by atoms with Crippen LogP contribution in [0.4, 0.5) is 0 Å². The van der Waals surface area contributed by atoms with Crippen molar-refractivity contribution in [3.8, 4) is 0 Å². The number of rotatable bonds is 4. The van der Waals surface area contributed by atoms with E-state index in [1.807, 2.05) is 0 Å². The van der Waals surface area contributed by atoms with Gasteiger partial charge in [-0.25, -0.2) is 0 Å². The first-order valence-electron chi connectivity index (χ1n) is 6.24. The normalized spacial score (nSPS) is 18.5. The van der Waals surface area contributed by atoms with Gasteiger partial charge in [-0.1, -0.05) is 6.07 Å². The minimum absolute atomic E-state index is 0.0977. The first kappa shape index (κ1) is 13.3. The Hall–Kier alpha value is -2.11. The van der Waals surface area contributed by atoms with Crippen LogP contribution < -0.4 is 5.56 Å². The van der Waals surface area contributed by atoms with Crippen molar-refractivity contribution in [3.63, 3.8) is 0 Å². The topological polar surface area (TPSA) is 79.6 Å². The van der Waals surface area contributed by atoms with Gasteiger partial charge in [-0.05, 0) is 12.5 Å². The molecule has 1 amide bonds. The molecule has 6 heteroatoms. The average Bonchev–Trinajstić information content (AvgIpc) is 2.87. The maximum atomic E-state index is 11.9. The van der Waals surface area contributed by atoms with Crippen LogP contribution in [0.15, 0.2) is 29.2 Å². The van der Waals surface area contributed by atoms with E-state index in [2.05, 4.69) is 0 Å². The zero-order valence-corrected chi connectivity index (χ0v) is 10.5. The van der Waals surface area contributed by atoms with Gasteiger partial charge >= 0.3 is 5.97 Å². The molecule has 1 aliphatic rings. The van der Waals surface area contributed by atoms with Crippen LogP contribution >= 0.6 is 0 Å². The monoisotopic (exact) mass is 264 g/mol. The van der Waals surface area contributed by atoms with Gasteiger partial charge in [-0.15, -0.1) is 0 Å². The summed E-state index contributed by atoms with van der Waals surface area (Å²) < 4.78 is 1.47. The number of aromatic nitrogens is 1. The average molecular weight is 264 g/mol. The van der Waals surface area contributed by atoms with E-state index < -0.39 is 11.9 Å². The molecule has 102 valence electrons. The van der Waals surface area contributed by atoms with Crippen molar-refractivity contribution in [3.05, 3.63) is 34.7 Å². The second-order valence-corrected chi connectivity index (χ2v) is 4.65. The molecular weight excluding hydrogens is 248 g/mol. The molecule has 0 unspecified atom stereocenters. The molecule has 1 aromatic heterocycles. The highest BCUT2D eigenvalue weighted by Crippen LogP contribution is 2.17. The van der Waals surface area contributed by atoms with Gasteiger partial charge in [0.25, 0.3) is 5.56 Å². The van der Waals surface area contributed by atoms with Crippen molar-refractivity contribution < 1.29 is 14.7 Å². The van der Waals surface area contributed by atoms with E-state index in [0.29, 0.717) is 19.5 Å². The molecule has 1 fully saturated rings. The molecule has 1 N–H and O–H groups in total. The molecule has 0 radical (unpaired) electrons. The van der Waals surface area contributed by atoms with E-state index >= 15 is 0 Å². The number of carbonyl (C=O) groups excluding carboxylic acids is 1. The van der Waals surface area contributed by atoms with Crippen LogP contribution in [0.1, 0.15) is 12.8 Å². The molecule has 0 spiro atoms. The van der Waals surface area contributed by atoms with E-state index in [1.165, 1.54) is 10.6 Å². The molecule has 6 nitrogen and oxygen atoms in total. The number of carboxylic acids is 1. The second-order valence-electron chi connectivity index (χ2n) is 4.65. The smallest absolute Gasteiger partial charge is 0.308 e. The number of carbonyl (C=O) groups is 2. The summed E-state index contributed by atoms with van der Waals surface area (Å²) in [4.78, 5) is 35.7. The van der Waals surface area contributed by atoms with Crippen molar-refractivity contribution in [1.29, 1.82) is 0 Å². The summed E-state index contributed by atoms with van der Waals surface area (Å²) in [5.74, 6) is -1.41. The number of aliphatic carboxylic acids is 1. The predicted molar refractivity (Wildman–Crippen MR) is 67.6 cm³/mol. The number of hydrogen-bond donors (Lipinski definition) is 1. The molecule has 0 aliphatic carbocycles. The molecule has 1 aromatic rings. The van der Waals surface area contributed by atoms with E-state index in [1.54, 1.807) is 23.2 Å². The highest BCUT2D eigenvalue weighted by molar-refractivity contribution is 5.78. The van der Waals surface area contributed by atoms with E-state index in [-0.39, 0.29) is 24.4 Å². The third kappa shape index (κ3) is 3.21. The summed E-state index contributed by atoms with van der Waals surface area (Å²) in [6.45, 7) is 1.09. The molecule has 1 saturated heterocycles. The lowest BCUT2D eigenvalue weighted by molar-refractivity contribution is -0.141. The van der Waals surface area contributed by atoms with E-state index in [9.17, 15) is 14.4 Å². The van der Waals surface area contributed by atoms with Crippen molar-refractivity contribution in [2.45, 2.75) is 19.4 Å². The SMILES string of the molecule is O=C(O)[C@@H]1CCN(C(=O)CCn2ccccc2=O)C1. The first-order chi connectivity index (χ1) is 9.08. The standard InChI is InChI=1S/C13H16N2O4/c16-11-3-1-2-6-14(11)8-5-12(17)15-7-4-10(9-15)13(18)19/h1-3,6,10H,4-5,7-9H2,(H,18,19)/t10-/m1/s1. The highest BCUT2D eigenvalue weighted by Gasteiger charge is 2.30. The molecule has 2 rings (SSSR count). The second kappa shape index (κ2) is 5.69.